The quantitative estimate of drug-likeness (QED) is 0.543. The molecular weight excluding hydrogens is 433 g/mol. The standard InChI is InChI=1S/C20H21F3N4O3S/c1-24-31(28,29)11-9-25-18-7-6-15(13-17(18)19-8-10-27(2)26-19)14-4-3-5-16(12-14)30-20(21,22)23/h3-8,10,12-13,24-25H,9,11H2,1-2H3. The first-order valence-electron chi connectivity index (χ1n) is 9.22. The molecule has 31 heavy (non-hydrogen) atoms. The second kappa shape index (κ2) is 8.98. The Bertz CT molecular complexity index is 1160. The van der Waals surface area contributed by atoms with Gasteiger partial charge in [-0.15, -0.1) is 13.2 Å². The van der Waals surface area contributed by atoms with Crippen LogP contribution < -0.4 is 14.8 Å². The van der Waals surface area contributed by atoms with E-state index in [4.69, 9.17) is 0 Å². The van der Waals surface area contributed by atoms with Gasteiger partial charge in [-0.05, 0) is 48.5 Å². The molecule has 0 saturated carbocycles. The first-order chi connectivity index (χ1) is 14.6. The fourth-order valence-electron chi connectivity index (χ4n) is 2.94. The van der Waals surface area contributed by atoms with Crippen molar-refractivity contribution in [3.63, 3.8) is 0 Å². The molecule has 1 aromatic heterocycles. The lowest BCUT2D eigenvalue weighted by molar-refractivity contribution is -0.274. The highest BCUT2D eigenvalue weighted by atomic mass is 32.2. The summed E-state index contributed by atoms with van der Waals surface area (Å²) < 4.78 is 68.9. The number of aromatic nitrogens is 2. The summed E-state index contributed by atoms with van der Waals surface area (Å²) >= 11 is 0. The van der Waals surface area contributed by atoms with Gasteiger partial charge in [-0.2, -0.15) is 5.10 Å². The highest BCUT2D eigenvalue weighted by Crippen LogP contribution is 2.34. The third-order valence-electron chi connectivity index (χ3n) is 4.41. The summed E-state index contributed by atoms with van der Waals surface area (Å²) in [5.41, 5.74) is 3.15. The zero-order valence-electron chi connectivity index (χ0n) is 16.8. The summed E-state index contributed by atoms with van der Waals surface area (Å²) in [7, 11) is -0.263. The Hall–Kier alpha value is -3.05. The van der Waals surface area contributed by atoms with Crippen LogP contribution in [0, 0.1) is 0 Å². The highest BCUT2D eigenvalue weighted by molar-refractivity contribution is 7.89. The van der Waals surface area contributed by atoms with Gasteiger partial charge in [-0.3, -0.25) is 4.68 Å². The maximum absolute atomic E-state index is 12.6. The number of ether oxygens (including phenoxy) is 1. The molecule has 3 aromatic rings. The van der Waals surface area contributed by atoms with Crippen LogP contribution in [0.4, 0.5) is 18.9 Å². The van der Waals surface area contributed by atoms with E-state index in [2.05, 4.69) is 19.9 Å². The number of halogens is 3. The van der Waals surface area contributed by atoms with E-state index in [9.17, 15) is 21.6 Å². The van der Waals surface area contributed by atoms with Gasteiger partial charge in [0.15, 0.2) is 0 Å². The van der Waals surface area contributed by atoms with Crippen molar-refractivity contribution in [3.05, 3.63) is 54.7 Å². The summed E-state index contributed by atoms with van der Waals surface area (Å²) in [6.45, 7) is 0.164. The van der Waals surface area contributed by atoms with Crippen LogP contribution in [0.1, 0.15) is 0 Å². The molecule has 0 aliphatic carbocycles. The molecule has 0 fully saturated rings. The second-order valence-electron chi connectivity index (χ2n) is 6.66. The van der Waals surface area contributed by atoms with Crippen molar-refractivity contribution >= 4 is 15.7 Å². The zero-order chi connectivity index (χ0) is 22.6. The fourth-order valence-corrected chi connectivity index (χ4v) is 3.52. The number of nitrogens with one attached hydrogen (secondary N) is 2. The van der Waals surface area contributed by atoms with Crippen molar-refractivity contribution < 1.29 is 26.3 Å². The molecule has 0 aliphatic rings. The van der Waals surface area contributed by atoms with Gasteiger partial charge in [0, 0.05) is 31.0 Å². The number of nitrogens with zero attached hydrogens (tertiary/aromatic N) is 2. The van der Waals surface area contributed by atoms with Crippen LogP contribution >= 0.6 is 0 Å². The van der Waals surface area contributed by atoms with E-state index in [1.54, 1.807) is 48.3 Å². The first kappa shape index (κ1) is 22.6. The maximum atomic E-state index is 12.6. The van der Waals surface area contributed by atoms with Crippen LogP contribution in [0.5, 0.6) is 5.75 Å². The van der Waals surface area contributed by atoms with E-state index in [0.29, 0.717) is 28.1 Å². The third-order valence-corrected chi connectivity index (χ3v) is 5.77. The normalized spacial score (nSPS) is 12.0. The number of anilines is 1. The zero-order valence-corrected chi connectivity index (χ0v) is 17.6. The summed E-state index contributed by atoms with van der Waals surface area (Å²) in [4.78, 5) is 0. The van der Waals surface area contributed by atoms with Gasteiger partial charge in [0.25, 0.3) is 0 Å². The molecule has 0 amide bonds. The predicted octanol–water partition coefficient (Wildman–Crippen LogP) is 3.61. The van der Waals surface area contributed by atoms with Gasteiger partial charge >= 0.3 is 6.36 Å². The molecule has 0 atom stereocenters. The Kier molecular flexibility index (Phi) is 6.56. The van der Waals surface area contributed by atoms with Crippen molar-refractivity contribution in [2.75, 3.05) is 24.7 Å². The molecule has 0 bridgehead atoms. The van der Waals surface area contributed by atoms with Crippen molar-refractivity contribution in [2.24, 2.45) is 7.05 Å². The fraction of sp³-hybridized carbons (Fsp3) is 0.250. The van der Waals surface area contributed by atoms with Gasteiger partial charge in [0.1, 0.15) is 5.75 Å². The van der Waals surface area contributed by atoms with Crippen LogP contribution in [-0.4, -0.2) is 43.9 Å². The number of alkyl halides is 3. The van der Waals surface area contributed by atoms with Crippen molar-refractivity contribution in [1.29, 1.82) is 0 Å². The predicted molar refractivity (Wildman–Crippen MR) is 112 cm³/mol. The van der Waals surface area contributed by atoms with Gasteiger partial charge < -0.3 is 10.1 Å². The smallest absolute Gasteiger partial charge is 0.406 e. The number of sulfonamides is 1. The second-order valence-corrected chi connectivity index (χ2v) is 8.71. The van der Waals surface area contributed by atoms with Gasteiger partial charge in [-0.1, -0.05) is 18.2 Å². The summed E-state index contributed by atoms with van der Waals surface area (Å²) in [5.74, 6) is -0.437. The molecule has 0 unspecified atom stereocenters. The summed E-state index contributed by atoms with van der Waals surface area (Å²) in [6.07, 6.45) is -3.02. The highest BCUT2D eigenvalue weighted by Gasteiger charge is 2.31. The van der Waals surface area contributed by atoms with Crippen molar-refractivity contribution in [1.82, 2.24) is 14.5 Å². The Morgan fingerprint density at radius 2 is 1.84 bits per heavy atom. The van der Waals surface area contributed by atoms with Gasteiger partial charge in [0.05, 0.1) is 11.4 Å². The van der Waals surface area contributed by atoms with E-state index in [-0.39, 0.29) is 18.0 Å². The molecule has 0 radical (unpaired) electrons. The molecule has 2 aromatic carbocycles. The van der Waals surface area contributed by atoms with Crippen LogP contribution in [0.15, 0.2) is 54.7 Å². The lowest BCUT2D eigenvalue weighted by Crippen LogP contribution is -2.26. The molecule has 7 nitrogen and oxygen atoms in total. The number of rotatable bonds is 8. The molecular formula is C20H21F3N4O3S. The Morgan fingerprint density at radius 1 is 1.10 bits per heavy atom. The van der Waals surface area contributed by atoms with Crippen LogP contribution in [0.3, 0.4) is 0 Å². The molecule has 0 spiro atoms. The lowest BCUT2D eigenvalue weighted by Gasteiger charge is -2.14. The molecule has 11 heteroatoms. The maximum Gasteiger partial charge on any atom is 0.573 e. The largest absolute Gasteiger partial charge is 0.573 e. The Labute approximate surface area is 177 Å². The van der Waals surface area contributed by atoms with E-state index in [1.165, 1.54) is 25.2 Å². The van der Waals surface area contributed by atoms with E-state index in [1.807, 2.05) is 0 Å². The molecule has 166 valence electrons. The molecule has 3 rings (SSSR count). The monoisotopic (exact) mass is 454 g/mol. The molecule has 0 saturated heterocycles. The Balaban J connectivity index is 1.94. The summed E-state index contributed by atoms with van der Waals surface area (Å²) in [6, 6.07) is 12.7. The van der Waals surface area contributed by atoms with Gasteiger partial charge in [0.2, 0.25) is 10.0 Å². The number of aryl methyl sites for hydroxylation is 1. The number of benzene rings is 2. The van der Waals surface area contributed by atoms with E-state index >= 15 is 0 Å². The Morgan fingerprint density at radius 3 is 2.48 bits per heavy atom. The first-order valence-corrected chi connectivity index (χ1v) is 10.9. The summed E-state index contributed by atoms with van der Waals surface area (Å²) in [5, 5.41) is 7.48. The molecule has 2 N–H and O–H groups in total. The van der Waals surface area contributed by atoms with Crippen LogP contribution in [0.25, 0.3) is 22.4 Å². The minimum absolute atomic E-state index is 0.121. The SMILES string of the molecule is CNS(=O)(=O)CCNc1ccc(-c2cccc(OC(F)(F)F)c2)cc1-c1ccn(C)n1. The van der Waals surface area contributed by atoms with Gasteiger partial charge in [-0.25, -0.2) is 13.1 Å². The van der Waals surface area contributed by atoms with Crippen LogP contribution in [-0.2, 0) is 17.1 Å². The van der Waals surface area contributed by atoms with Crippen molar-refractivity contribution in [2.45, 2.75) is 6.36 Å². The minimum atomic E-state index is -4.78. The van der Waals surface area contributed by atoms with E-state index < -0.39 is 16.4 Å². The number of hydrogen-bond donors (Lipinski definition) is 2. The molecule has 0 aliphatic heterocycles. The van der Waals surface area contributed by atoms with Crippen molar-refractivity contribution in [3.8, 4) is 28.1 Å². The number of hydrogen-bond acceptors (Lipinski definition) is 5. The average molecular weight is 454 g/mol. The van der Waals surface area contributed by atoms with Crippen LogP contribution in [0.2, 0.25) is 0 Å². The average Bonchev–Trinajstić information content (AvgIpc) is 3.13. The minimum Gasteiger partial charge on any atom is -0.406 e. The molecule has 1 heterocycles. The lowest BCUT2D eigenvalue weighted by atomic mass is 10.00. The van der Waals surface area contributed by atoms with E-state index in [0.717, 1.165) is 0 Å². The third kappa shape index (κ3) is 6.22. The topological polar surface area (TPSA) is 85.3 Å².